The first kappa shape index (κ1) is 15.0. The molecular weight excluding hydrogens is 290 g/mol. The first-order valence-corrected chi connectivity index (χ1v) is 8.72. The molecule has 120 valence electrons. The zero-order valence-electron chi connectivity index (χ0n) is 14.1. The SMILES string of the molecule is CC1CC(c2ccccc2)(c2ccccc2)CN1c1ccccc1. The van der Waals surface area contributed by atoms with E-state index in [9.17, 15) is 0 Å². The molecule has 1 fully saturated rings. The molecule has 0 saturated carbocycles. The van der Waals surface area contributed by atoms with Crippen LogP contribution in [0.25, 0.3) is 0 Å². The van der Waals surface area contributed by atoms with E-state index in [2.05, 4.69) is 103 Å². The van der Waals surface area contributed by atoms with Crippen LogP contribution in [0.5, 0.6) is 0 Å². The minimum absolute atomic E-state index is 0.0534. The predicted molar refractivity (Wildman–Crippen MR) is 102 cm³/mol. The smallest absolute Gasteiger partial charge is 0.0397 e. The van der Waals surface area contributed by atoms with Crippen LogP contribution >= 0.6 is 0 Å². The number of para-hydroxylation sites is 1. The summed E-state index contributed by atoms with van der Waals surface area (Å²) in [5, 5.41) is 0. The number of benzene rings is 3. The molecule has 0 N–H and O–H groups in total. The molecule has 3 aromatic rings. The Bertz CT molecular complexity index is 741. The number of hydrogen-bond donors (Lipinski definition) is 0. The van der Waals surface area contributed by atoms with Crippen molar-refractivity contribution in [1.82, 2.24) is 0 Å². The summed E-state index contributed by atoms with van der Waals surface area (Å²) in [6.07, 6.45) is 1.13. The molecule has 1 unspecified atom stereocenters. The van der Waals surface area contributed by atoms with Crippen molar-refractivity contribution in [2.75, 3.05) is 11.4 Å². The van der Waals surface area contributed by atoms with Crippen molar-refractivity contribution in [3.05, 3.63) is 102 Å². The summed E-state index contributed by atoms with van der Waals surface area (Å²) in [6, 6.07) is 33.3. The summed E-state index contributed by atoms with van der Waals surface area (Å²) in [5.74, 6) is 0. The molecule has 1 heteroatoms. The number of anilines is 1. The van der Waals surface area contributed by atoms with E-state index in [1.807, 2.05) is 0 Å². The molecule has 1 saturated heterocycles. The molecule has 0 bridgehead atoms. The van der Waals surface area contributed by atoms with Crippen LogP contribution in [0.4, 0.5) is 5.69 Å². The van der Waals surface area contributed by atoms with Gasteiger partial charge in [0.2, 0.25) is 0 Å². The van der Waals surface area contributed by atoms with Crippen LogP contribution in [0, 0.1) is 0 Å². The summed E-state index contributed by atoms with van der Waals surface area (Å²) < 4.78 is 0. The third-order valence-corrected chi connectivity index (χ3v) is 5.36. The molecule has 1 atom stereocenters. The van der Waals surface area contributed by atoms with E-state index in [0.717, 1.165) is 13.0 Å². The van der Waals surface area contributed by atoms with Gasteiger partial charge in [-0.2, -0.15) is 0 Å². The Morgan fingerprint density at radius 2 is 1.17 bits per heavy atom. The van der Waals surface area contributed by atoms with Crippen molar-refractivity contribution >= 4 is 5.69 Å². The average molecular weight is 313 g/mol. The minimum Gasteiger partial charge on any atom is -0.368 e. The molecule has 0 amide bonds. The molecule has 1 aliphatic rings. The summed E-state index contributed by atoms with van der Waals surface area (Å²) in [6.45, 7) is 3.37. The summed E-state index contributed by atoms with van der Waals surface area (Å²) in [5.41, 5.74) is 4.21. The molecule has 1 aliphatic heterocycles. The molecule has 3 aromatic carbocycles. The molecule has 1 heterocycles. The Labute approximate surface area is 144 Å². The summed E-state index contributed by atoms with van der Waals surface area (Å²) in [7, 11) is 0. The van der Waals surface area contributed by atoms with Gasteiger partial charge >= 0.3 is 0 Å². The molecule has 4 rings (SSSR count). The Morgan fingerprint density at radius 1 is 0.708 bits per heavy atom. The highest BCUT2D eigenvalue weighted by molar-refractivity contribution is 5.54. The van der Waals surface area contributed by atoms with Crippen LogP contribution in [-0.4, -0.2) is 12.6 Å². The fourth-order valence-electron chi connectivity index (χ4n) is 4.19. The van der Waals surface area contributed by atoms with Gasteiger partial charge in [-0.15, -0.1) is 0 Å². The molecule has 0 aromatic heterocycles. The second-order valence-corrected chi connectivity index (χ2v) is 6.83. The summed E-state index contributed by atoms with van der Waals surface area (Å²) in [4.78, 5) is 2.56. The Morgan fingerprint density at radius 3 is 1.67 bits per heavy atom. The van der Waals surface area contributed by atoms with Crippen LogP contribution in [0.15, 0.2) is 91.0 Å². The zero-order valence-corrected chi connectivity index (χ0v) is 14.1. The predicted octanol–water partition coefficient (Wildman–Crippen LogP) is 5.27. The Balaban J connectivity index is 1.81. The van der Waals surface area contributed by atoms with Crippen molar-refractivity contribution in [2.24, 2.45) is 0 Å². The Hall–Kier alpha value is -2.54. The van der Waals surface area contributed by atoms with Crippen molar-refractivity contribution in [3.63, 3.8) is 0 Å². The van der Waals surface area contributed by atoms with Gasteiger partial charge in [-0.05, 0) is 36.6 Å². The van der Waals surface area contributed by atoms with E-state index >= 15 is 0 Å². The van der Waals surface area contributed by atoms with Gasteiger partial charge < -0.3 is 4.90 Å². The van der Waals surface area contributed by atoms with Crippen LogP contribution < -0.4 is 4.90 Å². The lowest BCUT2D eigenvalue weighted by Crippen LogP contribution is -2.33. The third kappa shape index (κ3) is 2.50. The first-order valence-electron chi connectivity index (χ1n) is 8.72. The van der Waals surface area contributed by atoms with E-state index in [1.54, 1.807) is 0 Å². The number of rotatable bonds is 3. The third-order valence-electron chi connectivity index (χ3n) is 5.36. The molecule has 0 radical (unpaired) electrons. The second-order valence-electron chi connectivity index (χ2n) is 6.83. The lowest BCUT2D eigenvalue weighted by molar-refractivity contribution is 0.555. The maximum absolute atomic E-state index is 2.56. The van der Waals surface area contributed by atoms with E-state index in [4.69, 9.17) is 0 Å². The van der Waals surface area contributed by atoms with Crippen molar-refractivity contribution in [3.8, 4) is 0 Å². The maximum atomic E-state index is 2.56. The van der Waals surface area contributed by atoms with E-state index < -0.39 is 0 Å². The molecule has 24 heavy (non-hydrogen) atoms. The topological polar surface area (TPSA) is 3.24 Å². The van der Waals surface area contributed by atoms with Gasteiger partial charge in [0.1, 0.15) is 0 Å². The van der Waals surface area contributed by atoms with Crippen molar-refractivity contribution in [1.29, 1.82) is 0 Å². The lowest BCUT2D eigenvalue weighted by Gasteiger charge is -2.31. The monoisotopic (exact) mass is 313 g/mol. The van der Waals surface area contributed by atoms with Gasteiger partial charge in [-0.3, -0.25) is 0 Å². The lowest BCUT2D eigenvalue weighted by atomic mass is 9.73. The number of nitrogens with zero attached hydrogens (tertiary/aromatic N) is 1. The fourth-order valence-corrected chi connectivity index (χ4v) is 4.19. The van der Waals surface area contributed by atoms with Crippen LogP contribution in [0.3, 0.4) is 0 Å². The van der Waals surface area contributed by atoms with Crippen LogP contribution in [0.1, 0.15) is 24.5 Å². The fraction of sp³-hybridized carbons (Fsp3) is 0.217. The molecule has 0 aliphatic carbocycles. The van der Waals surface area contributed by atoms with Gasteiger partial charge in [-0.1, -0.05) is 78.9 Å². The van der Waals surface area contributed by atoms with Gasteiger partial charge in [0.05, 0.1) is 0 Å². The van der Waals surface area contributed by atoms with Crippen LogP contribution in [-0.2, 0) is 5.41 Å². The molecule has 1 nitrogen and oxygen atoms in total. The van der Waals surface area contributed by atoms with Gasteiger partial charge in [0.25, 0.3) is 0 Å². The van der Waals surface area contributed by atoms with E-state index in [0.29, 0.717) is 6.04 Å². The Kier molecular flexibility index (Phi) is 3.86. The highest BCUT2D eigenvalue weighted by Crippen LogP contribution is 2.44. The van der Waals surface area contributed by atoms with Gasteiger partial charge in [-0.25, -0.2) is 0 Å². The van der Waals surface area contributed by atoms with E-state index in [-0.39, 0.29) is 5.41 Å². The summed E-state index contributed by atoms with van der Waals surface area (Å²) >= 11 is 0. The maximum Gasteiger partial charge on any atom is 0.0397 e. The minimum atomic E-state index is 0.0534. The second kappa shape index (κ2) is 6.16. The van der Waals surface area contributed by atoms with Crippen LogP contribution in [0.2, 0.25) is 0 Å². The molecular formula is C23H23N. The normalized spacial score (nSPS) is 19.4. The molecule has 0 spiro atoms. The van der Waals surface area contributed by atoms with Crippen molar-refractivity contribution < 1.29 is 0 Å². The quantitative estimate of drug-likeness (QED) is 0.636. The van der Waals surface area contributed by atoms with Gasteiger partial charge in [0.15, 0.2) is 0 Å². The number of hydrogen-bond acceptors (Lipinski definition) is 1. The highest BCUT2D eigenvalue weighted by Gasteiger charge is 2.44. The largest absolute Gasteiger partial charge is 0.368 e. The van der Waals surface area contributed by atoms with Gasteiger partial charge in [0, 0.05) is 23.7 Å². The first-order chi connectivity index (χ1) is 11.8. The highest BCUT2D eigenvalue weighted by atomic mass is 15.2. The standard InChI is InChI=1S/C23H23N/c1-19-17-23(20-11-5-2-6-12-20,21-13-7-3-8-14-21)18-24(19)22-15-9-4-10-16-22/h2-16,19H,17-18H2,1H3. The van der Waals surface area contributed by atoms with Crippen molar-refractivity contribution in [2.45, 2.75) is 24.8 Å². The van der Waals surface area contributed by atoms with E-state index in [1.165, 1.54) is 16.8 Å². The zero-order chi connectivity index (χ0) is 16.4. The average Bonchev–Trinajstić information content (AvgIpc) is 3.03.